The van der Waals surface area contributed by atoms with Crippen LogP contribution in [0.4, 0.5) is 5.95 Å². The molecule has 6 rings (SSSR count). The number of pyridine rings is 1. The molecule has 2 aliphatic heterocycles. The molecule has 6 heterocycles. The molecule has 0 aromatic carbocycles. The molecular formula is C21H21N7O2. The zero-order valence-corrected chi connectivity index (χ0v) is 16.4. The zero-order valence-electron chi connectivity index (χ0n) is 16.4. The molecule has 0 N–H and O–H groups in total. The molecule has 30 heavy (non-hydrogen) atoms. The largest absolute Gasteiger partial charge is 0.381 e. The molecule has 2 saturated heterocycles. The number of nitrogens with zero attached hydrogens (tertiary/aromatic N) is 7. The first-order valence-corrected chi connectivity index (χ1v) is 10.4. The number of fused-ring (bicyclic) bond motifs is 2. The molecule has 1 amide bonds. The monoisotopic (exact) mass is 403 g/mol. The number of amides is 1. The Morgan fingerprint density at radius 1 is 1.10 bits per heavy atom. The van der Waals surface area contributed by atoms with Gasteiger partial charge in [0, 0.05) is 38.4 Å². The van der Waals surface area contributed by atoms with Crippen LogP contribution in [-0.4, -0.2) is 54.8 Å². The number of aromatic nitrogens is 6. The van der Waals surface area contributed by atoms with Crippen LogP contribution in [0.15, 0.2) is 36.8 Å². The maximum atomic E-state index is 12.5. The van der Waals surface area contributed by atoms with Crippen molar-refractivity contribution in [2.45, 2.75) is 31.7 Å². The highest BCUT2D eigenvalue weighted by atomic mass is 16.5. The summed E-state index contributed by atoms with van der Waals surface area (Å²) in [6, 6.07) is 6.11. The minimum absolute atomic E-state index is 0.120. The van der Waals surface area contributed by atoms with Gasteiger partial charge in [-0.3, -0.25) is 14.3 Å². The van der Waals surface area contributed by atoms with Crippen LogP contribution in [0.25, 0.3) is 28.1 Å². The van der Waals surface area contributed by atoms with Crippen LogP contribution >= 0.6 is 0 Å². The van der Waals surface area contributed by atoms with Crippen molar-refractivity contribution in [3.05, 3.63) is 36.8 Å². The van der Waals surface area contributed by atoms with E-state index in [2.05, 4.69) is 14.6 Å². The first-order chi connectivity index (χ1) is 14.8. The molecule has 4 aromatic heterocycles. The Labute approximate surface area is 172 Å². The van der Waals surface area contributed by atoms with Gasteiger partial charge in [0.15, 0.2) is 11.5 Å². The number of anilines is 1. The molecule has 9 heteroatoms. The van der Waals surface area contributed by atoms with Crippen molar-refractivity contribution >= 4 is 28.5 Å². The molecule has 2 fully saturated rings. The highest BCUT2D eigenvalue weighted by Gasteiger charge is 2.31. The van der Waals surface area contributed by atoms with Crippen LogP contribution in [0.3, 0.4) is 0 Å². The predicted molar refractivity (Wildman–Crippen MR) is 110 cm³/mol. The Morgan fingerprint density at radius 2 is 2.00 bits per heavy atom. The maximum absolute atomic E-state index is 12.5. The highest BCUT2D eigenvalue weighted by molar-refractivity contribution is 5.95. The van der Waals surface area contributed by atoms with Gasteiger partial charge in [0.25, 0.3) is 0 Å². The van der Waals surface area contributed by atoms with E-state index in [1.54, 1.807) is 17.3 Å². The van der Waals surface area contributed by atoms with E-state index in [9.17, 15) is 4.79 Å². The van der Waals surface area contributed by atoms with Crippen molar-refractivity contribution < 1.29 is 9.53 Å². The molecule has 4 aromatic rings. The van der Waals surface area contributed by atoms with Crippen molar-refractivity contribution in [2.24, 2.45) is 0 Å². The highest BCUT2D eigenvalue weighted by Crippen LogP contribution is 2.34. The summed E-state index contributed by atoms with van der Waals surface area (Å²) in [5, 5.41) is 4.41. The van der Waals surface area contributed by atoms with E-state index in [-0.39, 0.29) is 11.9 Å². The Balaban J connectivity index is 1.54. The molecule has 0 atom stereocenters. The molecule has 9 nitrogen and oxygen atoms in total. The smallest absolute Gasteiger partial charge is 0.229 e. The van der Waals surface area contributed by atoms with Gasteiger partial charge in [-0.1, -0.05) is 6.07 Å². The van der Waals surface area contributed by atoms with Gasteiger partial charge in [0.2, 0.25) is 11.9 Å². The van der Waals surface area contributed by atoms with Gasteiger partial charge in [-0.15, -0.1) is 0 Å². The van der Waals surface area contributed by atoms with Crippen LogP contribution < -0.4 is 4.90 Å². The summed E-state index contributed by atoms with van der Waals surface area (Å²) in [4.78, 5) is 28.6. The second-order valence-electron chi connectivity index (χ2n) is 7.77. The van der Waals surface area contributed by atoms with Crippen LogP contribution in [0.5, 0.6) is 0 Å². The quantitative estimate of drug-likeness (QED) is 0.522. The summed E-state index contributed by atoms with van der Waals surface area (Å²) in [7, 11) is 0. The van der Waals surface area contributed by atoms with Crippen molar-refractivity contribution in [1.29, 1.82) is 0 Å². The van der Waals surface area contributed by atoms with Gasteiger partial charge in [-0.2, -0.15) is 5.10 Å². The lowest BCUT2D eigenvalue weighted by Gasteiger charge is -2.27. The second-order valence-corrected chi connectivity index (χ2v) is 7.77. The fourth-order valence-electron chi connectivity index (χ4n) is 4.45. The van der Waals surface area contributed by atoms with Crippen LogP contribution in [0.1, 0.15) is 31.7 Å². The molecule has 0 aliphatic carbocycles. The van der Waals surface area contributed by atoms with Gasteiger partial charge >= 0.3 is 0 Å². The summed E-state index contributed by atoms with van der Waals surface area (Å²) in [6.45, 7) is 2.09. The number of hydrogen-bond acceptors (Lipinski definition) is 6. The molecule has 0 spiro atoms. The van der Waals surface area contributed by atoms with E-state index < -0.39 is 0 Å². The predicted octanol–water partition coefficient (Wildman–Crippen LogP) is 2.62. The van der Waals surface area contributed by atoms with E-state index in [0.29, 0.717) is 43.5 Å². The van der Waals surface area contributed by atoms with Gasteiger partial charge < -0.3 is 4.74 Å². The average molecular weight is 403 g/mol. The van der Waals surface area contributed by atoms with E-state index in [0.717, 1.165) is 36.0 Å². The first kappa shape index (κ1) is 17.5. The normalized spacial score (nSPS) is 18.1. The van der Waals surface area contributed by atoms with Crippen molar-refractivity contribution in [3.63, 3.8) is 0 Å². The van der Waals surface area contributed by atoms with Crippen molar-refractivity contribution in [2.75, 3.05) is 24.7 Å². The standard InChI is InChI=1S/C21H21N7O2/c29-18-5-3-8-26(18)21-24-16-13-22-19(15-12-23-27-9-2-1-4-17(15)27)25-20(16)28(21)14-6-10-30-11-7-14/h1-2,4,9,12-14H,3,5-8,10-11H2. The van der Waals surface area contributed by atoms with E-state index in [1.807, 2.05) is 28.9 Å². The minimum atomic E-state index is 0.120. The lowest BCUT2D eigenvalue weighted by molar-refractivity contribution is -0.117. The summed E-state index contributed by atoms with van der Waals surface area (Å²) in [5.41, 5.74) is 3.29. The lowest BCUT2D eigenvalue weighted by atomic mass is 10.1. The Morgan fingerprint density at radius 3 is 2.83 bits per heavy atom. The third-order valence-corrected chi connectivity index (χ3v) is 5.95. The van der Waals surface area contributed by atoms with Crippen LogP contribution in [-0.2, 0) is 9.53 Å². The Hall–Kier alpha value is -3.33. The van der Waals surface area contributed by atoms with Crippen LogP contribution in [0, 0.1) is 0 Å². The van der Waals surface area contributed by atoms with Crippen LogP contribution in [0.2, 0.25) is 0 Å². The van der Waals surface area contributed by atoms with Gasteiger partial charge in [0.1, 0.15) is 5.52 Å². The van der Waals surface area contributed by atoms with Crippen molar-refractivity contribution in [3.8, 4) is 11.4 Å². The third-order valence-electron chi connectivity index (χ3n) is 5.95. The maximum Gasteiger partial charge on any atom is 0.229 e. The summed E-state index contributed by atoms with van der Waals surface area (Å²) < 4.78 is 9.52. The molecule has 0 unspecified atom stereocenters. The number of ether oxygens (including phenoxy) is 1. The third kappa shape index (κ3) is 2.69. The molecule has 0 radical (unpaired) electrons. The van der Waals surface area contributed by atoms with Gasteiger partial charge in [0.05, 0.1) is 23.5 Å². The summed E-state index contributed by atoms with van der Waals surface area (Å²) in [6.07, 6.45) is 8.61. The van der Waals surface area contributed by atoms with Crippen molar-refractivity contribution in [1.82, 2.24) is 29.1 Å². The second kappa shape index (κ2) is 6.88. The molecular weight excluding hydrogens is 382 g/mol. The van der Waals surface area contributed by atoms with Gasteiger partial charge in [-0.25, -0.2) is 19.5 Å². The Kier molecular flexibility index (Phi) is 4.02. The number of rotatable bonds is 3. The zero-order chi connectivity index (χ0) is 20.1. The fourth-order valence-corrected chi connectivity index (χ4v) is 4.45. The first-order valence-electron chi connectivity index (χ1n) is 10.4. The lowest BCUT2D eigenvalue weighted by Crippen LogP contribution is -2.30. The Bertz CT molecular complexity index is 1250. The number of carbonyl (C=O) groups excluding carboxylic acids is 1. The molecule has 2 aliphatic rings. The number of imidazole rings is 1. The summed E-state index contributed by atoms with van der Waals surface area (Å²) >= 11 is 0. The minimum Gasteiger partial charge on any atom is -0.381 e. The number of hydrogen-bond donors (Lipinski definition) is 0. The topological polar surface area (TPSA) is 90.4 Å². The van der Waals surface area contributed by atoms with E-state index in [4.69, 9.17) is 14.7 Å². The average Bonchev–Trinajstić information content (AvgIpc) is 3.49. The molecule has 0 saturated carbocycles. The number of carbonyl (C=O) groups is 1. The molecule has 0 bridgehead atoms. The molecule has 152 valence electrons. The SMILES string of the molecule is O=C1CCCN1c1nc2cnc(-c3cnn4ccccc34)nc2n1C1CCOCC1. The fraction of sp³-hybridized carbons (Fsp3) is 0.381. The van der Waals surface area contributed by atoms with Gasteiger partial charge in [-0.05, 0) is 31.4 Å². The van der Waals surface area contributed by atoms with E-state index >= 15 is 0 Å². The van der Waals surface area contributed by atoms with E-state index in [1.165, 1.54) is 0 Å². The summed E-state index contributed by atoms with van der Waals surface area (Å²) in [5.74, 6) is 1.41.